The molecule has 1 saturated heterocycles. The number of nitrogens with zero attached hydrogens (tertiary/aromatic N) is 1. The zero-order chi connectivity index (χ0) is 7.56. The van der Waals surface area contributed by atoms with Crippen molar-refractivity contribution >= 4 is 13.9 Å². The van der Waals surface area contributed by atoms with Crippen LogP contribution in [0.15, 0.2) is 0 Å². The predicted molar refractivity (Wildman–Crippen MR) is 38.3 cm³/mol. The Bertz CT molecular complexity index is 160. The van der Waals surface area contributed by atoms with Gasteiger partial charge in [-0.1, -0.05) is 0 Å². The highest BCUT2D eigenvalue weighted by Gasteiger charge is 2.18. The van der Waals surface area contributed by atoms with Gasteiger partial charge in [-0.25, -0.2) is 4.79 Å². The van der Waals surface area contributed by atoms with Crippen LogP contribution in [0.5, 0.6) is 0 Å². The van der Waals surface area contributed by atoms with Crippen LogP contribution in [0.3, 0.4) is 0 Å². The summed E-state index contributed by atoms with van der Waals surface area (Å²) in [5.74, 6) is 0. The van der Waals surface area contributed by atoms with Gasteiger partial charge in [0.2, 0.25) is 0 Å². The largest absolute Gasteiger partial charge is 0.465 e. The van der Waals surface area contributed by atoms with Gasteiger partial charge >= 0.3 is 6.09 Å². The molecule has 1 aliphatic rings. The first-order valence-corrected chi connectivity index (χ1v) is 5.02. The summed E-state index contributed by atoms with van der Waals surface area (Å²) in [6.45, 7) is 0.903. The average Bonchev–Trinajstić information content (AvgIpc) is 1.88. The quantitative estimate of drug-likeness (QED) is 0.530. The maximum absolute atomic E-state index is 10.8. The molecule has 1 fully saturated rings. The molecule has 0 aromatic heterocycles. The molecule has 1 N–H and O–H groups in total. The molecule has 4 nitrogen and oxygen atoms in total. The van der Waals surface area contributed by atoms with Crippen LogP contribution in [0.4, 0.5) is 4.79 Å². The zero-order valence-electron chi connectivity index (χ0n) is 5.54. The van der Waals surface area contributed by atoms with Crippen LogP contribution >= 0.6 is 7.80 Å². The Kier molecular flexibility index (Phi) is 2.33. The second-order valence-corrected chi connectivity index (χ2v) is 4.39. The van der Waals surface area contributed by atoms with Gasteiger partial charge in [-0.2, -0.15) is 0 Å². The van der Waals surface area contributed by atoms with Crippen LogP contribution in [0, 0.1) is 0 Å². The van der Waals surface area contributed by atoms with Gasteiger partial charge in [-0.3, -0.25) is 0 Å². The van der Waals surface area contributed by atoms with Gasteiger partial charge in [-0.05, 0) is 0 Å². The van der Waals surface area contributed by atoms with Crippen molar-refractivity contribution in [2.75, 3.05) is 25.4 Å². The molecule has 0 aliphatic carbocycles. The summed E-state index contributed by atoms with van der Waals surface area (Å²) in [6.07, 6.45) is 0.239. The van der Waals surface area contributed by atoms with Crippen LogP contribution in [0.2, 0.25) is 0 Å². The van der Waals surface area contributed by atoms with Gasteiger partial charge in [0.1, 0.15) is 0 Å². The number of hydrogen-bond donors (Lipinski definition) is 1. The maximum Gasteiger partial charge on any atom is 0.407 e. The lowest BCUT2D eigenvalue weighted by atomic mass is 10.5. The Morgan fingerprint density at radius 3 is 2.30 bits per heavy atom. The predicted octanol–water partition coefficient (Wildman–Crippen LogP) is 0.540. The monoisotopic (exact) mass is 163 g/mol. The topological polar surface area (TPSA) is 57.6 Å². The molecule has 0 aromatic carbocycles. The molecule has 1 heterocycles. The fourth-order valence-corrected chi connectivity index (χ4v) is 2.24. The average molecular weight is 163 g/mol. The van der Waals surface area contributed by atoms with Crippen LogP contribution in [-0.4, -0.2) is 41.5 Å². The fourth-order valence-electron chi connectivity index (χ4n) is 0.947. The standard InChI is InChI=1S/C5H10NO3P/c7-5(8)6-1-3-10(9)4-2-6/h10H,1-4H2,(H,7,8). The van der Waals surface area contributed by atoms with E-state index in [1.807, 2.05) is 0 Å². The Morgan fingerprint density at radius 1 is 1.40 bits per heavy atom. The Labute approximate surface area is 59.6 Å². The molecule has 1 amide bonds. The maximum atomic E-state index is 10.8. The van der Waals surface area contributed by atoms with Gasteiger partial charge in [0, 0.05) is 25.4 Å². The smallest absolute Gasteiger partial charge is 0.407 e. The van der Waals surface area contributed by atoms with Gasteiger partial charge < -0.3 is 14.6 Å². The minimum atomic E-state index is -1.41. The summed E-state index contributed by atoms with van der Waals surface area (Å²) in [5.41, 5.74) is 0. The van der Waals surface area contributed by atoms with Crippen molar-refractivity contribution < 1.29 is 14.5 Å². The lowest BCUT2D eigenvalue weighted by Gasteiger charge is -2.22. The van der Waals surface area contributed by atoms with Crippen molar-refractivity contribution in [3.8, 4) is 0 Å². The van der Waals surface area contributed by atoms with Crippen molar-refractivity contribution in [2.45, 2.75) is 0 Å². The molecule has 0 unspecified atom stereocenters. The number of carbonyl (C=O) groups is 1. The molecular formula is C5H10NO3P. The highest BCUT2D eigenvalue weighted by molar-refractivity contribution is 7.44. The number of amides is 1. The number of rotatable bonds is 0. The van der Waals surface area contributed by atoms with Crippen molar-refractivity contribution in [2.24, 2.45) is 0 Å². The molecule has 0 atom stereocenters. The zero-order valence-corrected chi connectivity index (χ0v) is 6.54. The molecule has 0 saturated carbocycles. The summed E-state index contributed by atoms with van der Waals surface area (Å²) in [7, 11) is -1.41. The molecule has 10 heavy (non-hydrogen) atoms. The molecule has 0 spiro atoms. The molecule has 58 valence electrons. The van der Waals surface area contributed by atoms with E-state index in [0.29, 0.717) is 25.4 Å². The Balaban J connectivity index is 2.40. The van der Waals surface area contributed by atoms with Crippen LogP contribution < -0.4 is 0 Å². The SMILES string of the molecule is O=C(O)N1CC[PH](=O)CC1. The van der Waals surface area contributed by atoms with E-state index in [9.17, 15) is 9.36 Å². The van der Waals surface area contributed by atoms with E-state index in [0.717, 1.165) is 0 Å². The number of carboxylic acid groups (broad SMARTS) is 1. The normalized spacial score (nSPS) is 21.0. The van der Waals surface area contributed by atoms with E-state index in [1.165, 1.54) is 4.90 Å². The van der Waals surface area contributed by atoms with E-state index in [4.69, 9.17) is 5.11 Å². The third-order valence-corrected chi connectivity index (χ3v) is 3.15. The van der Waals surface area contributed by atoms with Crippen molar-refractivity contribution in [1.82, 2.24) is 4.90 Å². The molecule has 0 bridgehead atoms. The molecule has 1 rings (SSSR count). The van der Waals surface area contributed by atoms with E-state index < -0.39 is 13.9 Å². The summed E-state index contributed by atoms with van der Waals surface area (Å²) in [5, 5.41) is 8.46. The second-order valence-electron chi connectivity index (χ2n) is 2.31. The first-order chi connectivity index (χ1) is 4.70. The first kappa shape index (κ1) is 7.61. The molecular weight excluding hydrogens is 153 g/mol. The third kappa shape index (κ3) is 1.74. The molecule has 0 radical (unpaired) electrons. The first-order valence-electron chi connectivity index (χ1n) is 3.20. The van der Waals surface area contributed by atoms with E-state index in [2.05, 4.69) is 0 Å². The van der Waals surface area contributed by atoms with Crippen molar-refractivity contribution in [3.63, 3.8) is 0 Å². The summed E-state index contributed by atoms with van der Waals surface area (Å²) >= 11 is 0. The lowest BCUT2D eigenvalue weighted by Crippen LogP contribution is -2.36. The van der Waals surface area contributed by atoms with Crippen molar-refractivity contribution in [1.29, 1.82) is 0 Å². The van der Waals surface area contributed by atoms with Crippen LogP contribution in [0.1, 0.15) is 0 Å². The van der Waals surface area contributed by atoms with Gasteiger partial charge in [0.05, 0.1) is 7.80 Å². The molecule has 1 aliphatic heterocycles. The molecule has 0 aromatic rings. The summed E-state index contributed by atoms with van der Waals surface area (Å²) in [4.78, 5) is 11.6. The second kappa shape index (κ2) is 3.06. The minimum Gasteiger partial charge on any atom is -0.465 e. The van der Waals surface area contributed by atoms with Crippen molar-refractivity contribution in [3.05, 3.63) is 0 Å². The van der Waals surface area contributed by atoms with E-state index in [1.54, 1.807) is 0 Å². The number of hydrogen-bond acceptors (Lipinski definition) is 2. The summed E-state index contributed by atoms with van der Waals surface area (Å²) < 4.78 is 10.8. The van der Waals surface area contributed by atoms with E-state index in [-0.39, 0.29) is 0 Å². The fraction of sp³-hybridized carbons (Fsp3) is 0.800. The van der Waals surface area contributed by atoms with Gasteiger partial charge in [0.25, 0.3) is 0 Å². The van der Waals surface area contributed by atoms with Crippen LogP contribution in [-0.2, 0) is 4.57 Å². The summed E-state index contributed by atoms with van der Waals surface area (Å²) in [6, 6.07) is 0. The lowest BCUT2D eigenvalue weighted by molar-refractivity contribution is 0.149. The Morgan fingerprint density at radius 2 is 1.90 bits per heavy atom. The third-order valence-electron chi connectivity index (χ3n) is 1.59. The van der Waals surface area contributed by atoms with E-state index >= 15 is 0 Å². The minimum absolute atomic E-state index is 0.452. The van der Waals surface area contributed by atoms with Gasteiger partial charge in [-0.15, -0.1) is 0 Å². The highest BCUT2D eigenvalue weighted by Crippen LogP contribution is 2.23. The van der Waals surface area contributed by atoms with Gasteiger partial charge in [0.15, 0.2) is 0 Å². The Hall–Kier alpha value is -0.500. The highest BCUT2D eigenvalue weighted by atomic mass is 31.1. The molecule has 5 heteroatoms. The van der Waals surface area contributed by atoms with Crippen LogP contribution in [0.25, 0.3) is 0 Å².